The number of rotatable bonds is 4. The highest BCUT2D eigenvalue weighted by atomic mass is 16.1. The molecule has 0 saturated heterocycles. The van der Waals surface area contributed by atoms with Crippen LogP contribution in [0, 0.1) is 17.2 Å². The minimum absolute atomic E-state index is 0.0602. The lowest BCUT2D eigenvalue weighted by Crippen LogP contribution is -2.39. The van der Waals surface area contributed by atoms with E-state index < -0.39 is 11.9 Å². The van der Waals surface area contributed by atoms with Crippen LogP contribution in [0.25, 0.3) is 0 Å². The van der Waals surface area contributed by atoms with Crippen molar-refractivity contribution in [2.24, 2.45) is 11.7 Å². The summed E-state index contributed by atoms with van der Waals surface area (Å²) in [6, 6.07) is 6.44. The van der Waals surface area contributed by atoms with Crippen molar-refractivity contribution in [1.29, 1.82) is 5.26 Å². The van der Waals surface area contributed by atoms with Crippen molar-refractivity contribution < 1.29 is 4.79 Å². The molecule has 1 heterocycles. The molecule has 1 atom stereocenters. The highest BCUT2D eigenvalue weighted by Gasteiger charge is 2.19. The molecule has 0 aromatic carbocycles. The van der Waals surface area contributed by atoms with Crippen LogP contribution >= 0.6 is 0 Å². The summed E-state index contributed by atoms with van der Waals surface area (Å²) in [4.78, 5) is 15.2. The predicted octanol–water partition coefficient (Wildman–Crippen LogP) is 0.875. The Labute approximate surface area is 94.3 Å². The SMILES string of the molecule is CC(C)C(Nc1cccc(C#N)n1)C(N)=O. The number of nitriles is 1. The molecule has 1 aromatic rings. The van der Waals surface area contributed by atoms with Gasteiger partial charge in [0.2, 0.25) is 5.91 Å². The van der Waals surface area contributed by atoms with Gasteiger partial charge in [-0.05, 0) is 18.1 Å². The fourth-order valence-electron chi connectivity index (χ4n) is 1.30. The second kappa shape index (κ2) is 5.12. The Hall–Kier alpha value is -2.09. The molecule has 16 heavy (non-hydrogen) atoms. The van der Waals surface area contributed by atoms with E-state index in [4.69, 9.17) is 11.0 Å². The average Bonchev–Trinajstić information content (AvgIpc) is 2.25. The van der Waals surface area contributed by atoms with E-state index in [-0.39, 0.29) is 5.92 Å². The maximum absolute atomic E-state index is 11.2. The molecule has 0 saturated carbocycles. The number of carbonyl (C=O) groups excluding carboxylic acids is 1. The fourth-order valence-corrected chi connectivity index (χ4v) is 1.30. The third kappa shape index (κ3) is 2.95. The molecule has 0 aliphatic heterocycles. The van der Waals surface area contributed by atoms with Gasteiger partial charge in [0.05, 0.1) is 0 Å². The highest BCUT2D eigenvalue weighted by molar-refractivity contribution is 5.82. The average molecular weight is 218 g/mol. The molecule has 0 radical (unpaired) electrons. The van der Waals surface area contributed by atoms with Gasteiger partial charge >= 0.3 is 0 Å². The number of nitrogens with zero attached hydrogens (tertiary/aromatic N) is 2. The Morgan fingerprint density at radius 3 is 2.75 bits per heavy atom. The first-order chi connectivity index (χ1) is 7.54. The van der Waals surface area contributed by atoms with E-state index in [0.29, 0.717) is 11.5 Å². The summed E-state index contributed by atoms with van der Waals surface area (Å²) in [7, 11) is 0. The third-order valence-corrected chi connectivity index (χ3v) is 2.14. The normalized spacial score (nSPS) is 11.9. The number of pyridine rings is 1. The van der Waals surface area contributed by atoms with Crippen molar-refractivity contribution in [3.8, 4) is 6.07 Å². The lowest BCUT2D eigenvalue weighted by molar-refractivity contribution is -0.119. The summed E-state index contributed by atoms with van der Waals surface area (Å²) in [5, 5.41) is 11.6. The monoisotopic (exact) mass is 218 g/mol. The first kappa shape index (κ1) is 12.0. The van der Waals surface area contributed by atoms with Gasteiger partial charge in [-0.1, -0.05) is 19.9 Å². The zero-order valence-corrected chi connectivity index (χ0v) is 9.27. The Morgan fingerprint density at radius 2 is 2.25 bits per heavy atom. The molecule has 1 amide bonds. The van der Waals surface area contributed by atoms with E-state index in [9.17, 15) is 4.79 Å². The number of anilines is 1. The van der Waals surface area contributed by atoms with Crippen LogP contribution in [0.15, 0.2) is 18.2 Å². The van der Waals surface area contributed by atoms with Gasteiger partial charge < -0.3 is 11.1 Å². The molecular formula is C11H14N4O. The second-order valence-electron chi connectivity index (χ2n) is 3.79. The highest BCUT2D eigenvalue weighted by Crippen LogP contribution is 2.10. The number of amides is 1. The van der Waals surface area contributed by atoms with Gasteiger partial charge in [-0.2, -0.15) is 5.26 Å². The van der Waals surface area contributed by atoms with Gasteiger partial charge in [-0.25, -0.2) is 4.98 Å². The molecule has 1 rings (SSSR count). The van der Waals surface area contributed by atoms with Gasteiger partial charge in [0, 0.05) is 0 Å². The van der Waals surface area contributed by atoms with Crippen LogP contribution in [0.1, 0.15) is 19.5 Å². The smallest absolute Gasteiger partial charge is 0.240 e. The molecule has 84 valence electrons. The van der Waals surface area contributed by atoms with E-state index in [2.05, 4.69) is 10.3 Å². The van der Waals surface area contributed by atoms with Gasteiger partial charge in [0.1, 0.15) is 23.6 Å². The van der Waals surface area contributed by atoms with Crippen molar-refractivity contribution in [2.75, 3.05) is 5.32 Å². The van der Waals surface area contributed by atoms with Crippen molar-refractivity contribution in [3.63, 3.8) is 0 Å². The van der Waals surface area contributed by atoms with E-state index in [1.165, 1.54) is 0 Å². The molecular weight excluding hydrogens is 204 g/mol. The van der Waals surface area contributed by atoms with Crippen LogP contribution in [0.5, 0.6) is 0 Å². The predicted molar refractivity (Wildman–Crippen MR) is 60.4 cm³/mol. The Morgan fingerprint density at radius 1 is 1.56 bits per heavy atom. The van der Waals surface area contributed by atoms with Crippen LogP contribution in [-0.4, -0.2) is 16.9 Å². The van der Waals surface area contributed by atoms with Gasteiger partial charge in [0.15, 0.2) is 0 Å². The summed E-state index contributed by atoms with van der Waals surface area (Å²) in [6.07, 6.45) is 0. The minimum Gasteiger partial charge on any atom is -0.368 e. The lowest BCUT2D eigenvalue weighted by atomic mass is 10.0. The van der Waals surface area contributed by atoms with Crippen LogP contribution in [-0.2, 0) is 4.79 Å². The summed E-state index contributed by atoms with van der Waals surface area (Å²) < 4.78 is 0. The Balaban J connectivity index is 2.86. The van der Waals surface area contributed by atoms with E-state index in [1.54, 1.807) is 18.2 Å². The molecule has 0 fully saturated rings. The maximum atomic E-state index is 11.2. The van der Waals surface area contributed by atoms with Crippen molar-refractivity contribution >= 4 is 11.7 Å². The van der Waals surface area contributed by atoms with Crippen LogP contribution in [0.4, 0.5) is 5.82 Å². The van der Waals surface area contributed by atoms with Gasteiger partial charge in [-0.15, -0.1) is 0 Å². The molecule has 0 aliphatic carbocycles. The maximum Gasteiger partial charge on any atom is 0.240 e. The molecule has 5 nitrogen and oxygen atoms in total. The number of hydrogen-bond donors (Lipinski definition) is 2. The summed E-state index contributed by atoms with van der Waals surface area (Å²) in [5.74, 6) is 0.112. The second-order valence-corrected chi connectivity index (χ2v) is 3.79. The van der Waals surface area contributed by atoms with Crippen LogP contribution in [0.2, 0.25) is 0 Å². The largest absolute Gasteiger partial charge is 0.368 e. The number of primary amides is 1. The van der Waals surface area contributed by atoms with Gasteiger partial charge in [-0.3, -0.25) is 4.79 Å². The minimum atomic E-state index is -0.485. The number of hydrogen-bond acceptors (Lipinski definition) is 4. The summed E-state index contributed by atoms with van der Waals surface area (Å²) >= 11 is 0. The molecule has 0 bridgehead atoms. The molecule has 3 N–H and O–H groups in total. The molecule has 5 heteroatoms. The van der Waals surface area contributed by atoms with Crippen molar-refractivity contribution in [1.82, 2.24) is 4.98 Å². The number of aromatic nitrogens is 1. The van der Waals surface area contributed by atoms with Crippen molar-refractivity contribution in [3.05, 3.63) is 23.9 Å². The van der Waals surface area contributed by atoms with Crippen LogP contribution in [0.3, 0.4) is 0 Å². The summed E-state index contributed by atoms with van der Waals surface area (Å²) in [6.45, 7) is 3.77. The topological polar surface area (TPSA) is 91.8 Å². The standard InChI is InChI=1S/C11H14N4O/c1-7(2)10(11(13)16)15-9-5-3-4-8(6-12)14-9/h3-5,7,10H,1-2H3,(H2,13,16)(H,14,15). The number of carbonyl (C=O) groups is 1. The van der Waals surface area contributed by atoms with Gasteiger partial charge in [0.25, 0.3) is 0 Å². The zero-order chi connectivity index (χ0) is 12.1. The quantitative estimate of drug-likeness (QED) is 0.784. The Bertz CT molecular complexity index is 422. The van der Waals surface area contributed by atoms with Crippen LogP contribution < -0.4 is 11.1 Å². The van der Waals surface area contributed by atoms with E-state index in [1.807, 2.05) is 19.9 Å². The van der Waals surface area contributed by atoms with E-state index >= 15 is 0 Å². The number of nitrogens with one attached hydrogen (secondary N) is 1. The first-order valence-corrected chi connectivity index (χ1v) is 4.97. The summed E-state index contributed by atoms with van der Waals surface area (Å²) in [5.41, 5.74) is 5.56. The molecule has 0 spiro atoms. The molecule has 1 unspecified atom stereocenters. The number of nitrogens with two attached hydrogens (primary N) is 1. The fraction of sp³-hybridized carbons (Fsp3) is 0.364. The van der Waals surface area contributed by atoms with Crippen molar-refractivity contribution in [2.45, 2.75) is 19.9 Å². The Kier molecular flexibility index (Phi) is 3.84. The third-order valence-electron chi connectivity index (χ3n) is 2.14. The lowest BCUT2D eigenvalue weighted by Gasteiger charge is -2.19. The van der Waals surface area contributed by atoms with E-state index in [0.717, 1.165) is 0 Å². The molecule has 1 aromatic heterocycles. The zero-order valence-electron chi connectivity index (χ0n) is 9.27. The first-order valence-electron chi connectivity index (χ1n) is 4.97. The molecule has 0 aliphatic rings.